The highest BCUT2D eigenvalue weighted by Gasteiger charge is 2.52. The Morgan fingerprint density at radius 1 is 0.699 bits per heavy atom. The number of nitrogens with two attached hydrogens (primary N) is 2. The van der Waals surface area contributed by atoms with Gasteiger partial charge in [-0.05, 0) is 139 Å². The van der Waals surface area contributed by atoms with Crippen molar-refractivity contribution in [3.63, 3.8) is 0 Å². The van der Waals surface area contributed by atoms with Crippen LogP contribution in [-0.2, 0) is 70.3 Å². The molecule has 656 valence electrons. The predicted molar refractivity (Wildman–Crippen MR) is 435 cm³/mol. The number of nitrogens with one attached hydrogen (secondary N) is 10. The Morgan fingerprint density at radius 2 is 1.35 bits per heavy atom. The molecule has 123 heavy (non-hydrogen) atoms. The lowest BCUT2D eigenvalue weighted by molar-refractivity contribution is -0.334. The van der Waals surface area contributed by atoms with Gasteiger partial charge in [0, 0.05) is 48.4 Å². The molecule has 1 aromatic heterocycles. The molecule has 8 heterocycles. The summed E-state index contributed by atoms with van der Waals surface area (Å²) in [5.41, 5.74) is 3.33. The minimum atomic E-state index is -2.39. The van der Waals surface area contributed by atoms with E-state index in [1.807, 2.05) is 19.3 Å². The highest BCUT2D eigenvalue weighted by molar-refractivity contribution is 6.42. The fourth-order valence-corrected chi connectivity index (χ4v) is 15.7. The van der Waals surface area contributed by atoms with E-state index >= 15 is 19.2 Å². The second kappa shape index (κ2) is 38.4. The molecule has 14 rings (SSSR count). The molecule has 18 atom stereocenters. The molecule has 2 fully saturated rings. The molecule has 0 aliphatic carbocycles. The van der Waals surface area contributed by atoms with E-state index in [2.05, 4.69) is 52.8 Å². The molecular formula is C80H88Cl4N14O25. The lowest BCUT2D eigenvalue weighted by Crippen LogP contribution is -2.65. The third-order valence-electron chi connectivity index (χ3n) is 21.3. The standard InChI is InChI=1S/C80H88Cl4N14O25/c1-31(2)18-45(87-5)71(110)95-62-64(105)35-8-12-49(43(83)22-35)119-51-24-37-25-52(68(51)123-78-69(67(108)66(107)53(30-99)121-78)122-57-29-80(4,70(109)32(3)118-57)88-15-17-98-16-14-55(91-79(98)117)90-56(104)20-33-6-10-41(81)42(82)19-33)120-50-13-9-36(23-44(50)84)65(106)63-76(115)94-61(77(116)97-86)40-26-38(100)27-48(102)58(40)39-21-34(7-11-47(39)101)59(73(112)96-63)93-74(113)60(37)92-72(111)46(28-54(85)103)89-75(62)114/h6-14,16,19,21-27,31-32,45-46,53,57,59-67,69-70,78,87-88,99-102,105-109H,15,17-18,20,28-30,86H2,1-5H3,(H2,85,103)(H,89,114)(H,92,111)(H,93,113)(H,94,115)(H,95,110)(H,96,112)(H,97,116)(H,90,91,104,117)/t32?,45?,46?,53?,57?,59?,60?,61-,62?,63?,64?,65?,66?,67?,69?,70?,78?,80-/m1/s1. The number of aromatic nitrogens is 2. The van der Waals surface area contributed by atoms with Crippen LogP contribution in [0.4, 0.5) is 5.82 Å². The Kier molecular flexibility index (Phi) is 28.4. The molecule has 9 amide bonds. The molecule has 0 radical (unpaired) electrons. The maximum Gasteiger partial charge on any atom is 0.349 e. The third-order valence-corrected chi connectivity index (χ3v) is 22.6. The summed E-state index contributed by atoms with van der Waals surface area (Å²) in [7, 11) is 1.47. The molecule has 7 aliphatic rings. The zero-order valence-electron chi connectivity index (χ0n) is 65.9. The normalized spacial score (nSPS) is 26.2. The molecule has 0 saturated carbocycles. The topological polar surface area (TPSA) is 598 Å². The van der Waals surface area contributed by atoms with Crippen LogP contribution >= 0.6 is 46.4 Å². The Balaban J connectivity index is 0.995. The molecule has 39 nitrogen and oxygen atoms in total. The maximum atomic E-state index is 16.3. The van der Waals surface area contributed by atoms with Crippen LogP contribution in [0.15, 0.2) is 114 Å². The third kappa shape index (κ3) is 20.4. The number of aromatic hydroxyl groups is 3. The average Bonchev–Trinajstić information content (AvgIpc) is 0.757. The first kappa shape index (κ1) is 91.1. The number of amides is 9. The molecule has 6 aromatic carbocycles. The smallest absolute Gasteiger partial charge is 0.349 e. The lowest BCUT2D eigenvalue weighted by Gasteiger charge is -2.48. The first-order valence-electron chi connectivity index (χ1n) is 38.3. The number of ether oxygens (including phenoxy) is 6. The van der Waals surface area contributed by atoms with Gasteiger partial charge in [-0.1, -0.05) is 84.5 Å². The van der Waals surface area contributed by atoms with Crippen molar-refractivity contribution in [3.8, 4) is 57.1 Å². The Bertz CT molecular complexity index is 5330. The number of aliphatic hydroxyl groups is 6. The van der Waals surface area contributed by atoms with Gasteiger partial charge < -0.3 is 128 Å². The number of carbonyl (C=O) groups excluding carboxylic acids is 9. The van der Waals surface area contributed by atoms with Gasteiger partial charge in [-0.2, -0.15) is 4.98 Å². The molecule has 7 aromatic rings. The number of carbonyl (C=O) groups is 9. The zero-order chi connectivity index (χ0) is 89.1. The zero-order valence-corrected chi connectivity index (χ0v) is 68.9. The summed E-state index contributed by atoms with van der Waals surface area (Å²) in [6.07, 6.45) is -18.3. The maximum absolute atomic E-state index is 16.3. The number of phenolic OH excluding ortho intramolecular Hbond substituents is 3. The molecule has 23 N–H and O–H groups in total. The van der Waals surface area contributed by atoms with E-state index in [0.29, 0.717) is 10.6 Å². The van der Waals surface area contributed by atoms with Gasteiger partial charge in [-0.25, -0.2) is 10.6 Å². The van der Waals surface area contributed by atoms with Gasteiger partial charge in [0.25, 0.3) is 5.91 Å². The first-order chi connectivity index (χ1) is 58.3. The Morgan fingerprint density at radius 3 is 1.98 bits per heavy atom. The van der Waals surface area contributed by atoms with Gasteiger partial charge in [-0.15, -0.1) is 0 Å². The van der Waals surface area contributed by atoms with Crippen LogP contribution in [0.3, 0.4) is 0 Å². The SMILES string of the molecule is CNC(CC(C)C)C(=O)NC1C(=O)NC(CC(N)=O)C(=O)NC2C(=O)NC3C(=O)NC(C(=O)N[C@@H](C(=O)NN)c4cc(O)cc(O)c4-c4cc3ccc4O)C(O)c3ccc(c(Cl)c3)Oc3cc2cc(c3OC2OC(CO)C(O)C(O)C2OC2C[C@@](C)(NCCn3ccc(NC(=O)Cc4ccc(Cl)c(Cl)c4)nc3=O)C(O)C(C)O2)Oc2ccc(cc2Cl)C1O. The summed E-state index contributed by atoms with van der Waals surface area (Å²) in [5.74, 6) is -10.5. The van der Waals surface area contributed by atoms with Crippen LogP contribution in [0.1, 0.15) is 111 Å². The number of hydrogen-bond acceptors (Lipinski definition) is 29. The Hall–Kier alpha value is -11.1. The average molecular weight is 1790 g/mol. The number of benzene rings is 6. The molecular weight excluding hydrogens is 1700 g/mol. The quantitative estimate of drug-likeness (QED) is 0.0291. The highest BCUT2D eigenvalue weighted by Crippen LogP contribution is 2.50. The number of hydrogen-bond donors (Lipinski definition) is 21. The minimum absolute atomic E-state index is 0.0397. The summed E-state index contributed by atoms with van der Waals surface area (Å²) in [5, 5.41) is 129. The van der Waals surface area contributed by atoms with Crippen LogP contribution in [0.5, 0.6) is 46.0 Å². The summed E-state index contributed by atoms with van der Waals surface area (Å²) in [6, 6.07) is 5.54. The molecule has 43 heteroatoms. The van der Waals surface area contributed by atoms with Crippen LogP contribution in [0, 0.1) is 5.92 Å². The fraction of sp³-hybridized carbons (Fsp3) is 0.388. The van der Waals surface area contributed by atoms with E-state index < -0.39 is 254 Å². The number of anilines is 1. The lowest BCUT2D eigenvalue weighted by atomic mass is 9.85. The molecule has 2 saturated heterocycles. The van der Waals surface area contributed by atoms with Gasteiger partial charge in [0.2, 0.25) is 59.3 Å². The minimum Gasteiger partial charge on any atom is -0.508 e. The molecule has 7 aliphatic heterocycles. The fourth-order valence-electron chi connectivity index (χ4n) is 14.9. The molecule has 0 spiro atoms. The van der Waals surface area contributed by atoms with Gasteiger partial charge in [-0.3, -0.25) is 53.1 Å². The molecule has 16 unspecified atom stereocenters. The predicted octanol–water partition coefficient (Wildman–Crippen LogP) is 1.39. The van der Waals surface area contributed by atoms with E-state index in [9.17, 15) is 74.7 Å². The second-order valence-corrected chi connectivity index (χ2v) is 32.1. The second-order valence-electron chi connectivity index (χ2n) is 30.5. The molecule has 11 bridgehead atoms. The number of halogens is 4. The first-order valence-corrected chi connectivity index (χ1v) is 39.9. The van der Waals surface area contributed by atoms with Crippen LogP contribution in [0.25, 0.3) is 11.1 Å². The van der Waals surface area contributed by atoms with Crippen LogP contribution in [-0.4, -0.2) is 208 Å². The summed E-state index contributed by atoms with van der Waals surface area (Å²) in [4.78, 5) is 149. The van der Waals surface area contributed by atoms with Gasteiger partial charge in [0.1, 0.15) is 101 Å². The van der Waals surface area contributed by atoms with Crippen LogP contribution < -0.4 is 84.8 Å². The van der Waals surface area contributed by atoms with E-state index in [1.165, 1.54) is 55.1 Å². The number of rotatable bonds is 20. The van der Waals surface area contributed by atoms with E-state index in [-0.39, 0.29) is 71.6 Å². The van der Waals surface area contributed by atoms with Crippen LogP contribution in [0.2, 0.25) is 20.1 Å². The van der Waals surface area contributed by atoms with Gasteiger partial charge in [0.15, 0.2) is 23.9 Å². The number of phenols is 3. The van der Waals surface area contributed by atoms with E-state index in [1.54, 1.807) is 13.0 Å². The summed E-state index contributed by atoms with van der Waals surface area (Å²) in [6.45, 7) is 5.58. The van der Waals surface area contributed by atoms with Crippen molar-refractivity contribution < 1.29 is 118 Å². The van der Waals surface area contributed by atoms with E-state index in [0.717, 1.165) is 66.7 Å². The highest BCUT2D eigenvalue weighted by atomic mass is 35.5. The van der Waals surface area contributed by atoms with Gasteiger partial charge in [0.05, 0.1) is 57.8 Å². The van der Waals surface area contributed by atoms with Crippen molar-refractivity contribution >= 4 is 105 Å². The largest absolute Gasteiger partial charge is 0.508 e. The van der Waals surface area contributed by atoms with Crippen molar-refractivity contribution in [1.82, 2.24) is 57.5 Å². The Labute approximate surface area is 719 Å². The number of primary amides is 1. The summed E-state index contributed by atoms with van der Waals surface area (Å²) >= 11 is 26.5. The number of likely N-dealkylation sites (N-methyl/N-ethyl adjacent to an activating group) is 1. The van der Waals surface area contributed by atoms with E-state index in [4.69, 9.17) is 86.4 Å². The number of nitrogens with zero attached hydrogens (tertiary/aromatic N) is 2. The number of hydrazine groups is 1. The van der Waals surface area contributed by atoms with Crippen molar-refractivity contribution in [3.05, 3.63) is 173 Å². The van der Waals surface area contributed by atoms with Crippen molar-refractivity contribution in [2.24, 2.45) is 17.5 Å². The van der Waals surface area contributed by atoms with Gasteiger partial charge >= 0.3 is 5.69 Å². The van der Waals surface area contributed by atoms with Crippen molar-refractivity contribution in [2.75, 3.05) is 25.5 Å². The van der Waals surface area contributed by atoms with Crippen molar-refractivity contribution in [1.29, 1.82) is 0 Å². The summed E-state index contributed by atoms with van der Waals surface area (Å²) < 4.78 is 40.6. The number of fused-ring (bicyclic) bond motifs is 15. The van der Waals surface area contributed by atoms with Crippen molar-refractivity contribution in [2.45, 2.75) is 169 Å². The monoisotopic (exact) mass is 1780 g/mol. The number of aliphatic hydroxyl groups excluding tert-OH is 6.